The van der Waals surface area contributed by atoms with E-state index in [9.17, 15) is 9.59 Å². The maximum atomic E-state index is 12.4. The van der Waals surface area contributed by atoms with Gasteiger partial charge in [-0.3, -0.25) is 9.59 Å². The van der Waals surface area contributed by atoms with Crippen LogP contribution in [-0.2, 0) is 11.2 Å². The average Bonchev–Trinajstić information content (AvgIpc) is 3.15. The predicted molar refractivity (Wildman–Crippen MR) is 125 cm³/mol. The van der Waals surface area contributed by atoms with Crippen molar-refractivity contribution in [1.82, 2.24) is 5.32 Å². The van der Waals surface area contributed by atoms with Crippen molar-refractivity contribution in [3.8, 4) is 22.6 Å². The molecule has 0 bridgehead atoms. The monoisotopic (exact) mass is 425 g/mol. The maximum absolute atomic E-state index is 12.4. The van der Waals surface area contributed by atoms with Gasteiger partial charge in [0.1, 0.15) is 6.61 Å². The maximum Gasteiger partial charge on any atom is 0.229 e. The molecule has 31 heavy (non-hydrogen) atoms. The molecule has 0 radical (unpaired) electrons. The number of benzene rings is 2. The van der Waals surface area contributed by atoms with Crippen molar-refractivity contribution in [2.24, 2.45) is 5.41 Å². The molecule has 0 spiro atoms. The summed E-state index contributed by atoms with van der Waals surface area (Å²) in [6.07, 6.45) is 1.26. The van der Waals surface area contributed by atoms with Crippen LogP contribution in [0, 0.1) is 12.3 Å². The van der Waals surface area contributed by atoms with Gasteiger partial charge >= 0.3 is 0 Å². The van der Waals surface area contributed by atoms with Crippen molar-refractivity contribution in [3.05, 3.63) is 47.0 Å². The van der Waals surface area contributed by atoms with Crippen LogP contribution in [0.1, 0.15) is 62.5 Å². The van der Waals surface area contributed by atoms with Crippen LogP contribution < -0.4 is 14.8 Å². The van der Waals surface area contributed by atoms with Gasteiger partial charge in [0.15, 0.2) is 17.3 Å². The fourth-order valence-electron chi connectivity index (χ4n) is 3.73. The molecule has 0 unspecified atom stereocenters. The summed E-state index contributed by atoms with van der Waals surface area (Å²) in [5.74, 6) is 1.38. The summed E-state index contributed by atoms with van der Waals surface area (Å²) in [7, 11) is 1.62. The highest BCUT2D eigenvalue weighted by molar-refractivity contribution is 6.02. The van der Waals surface area contributed by atoms with Gasteiger partial charge in [-0.25, -0.2) is 0 Å². The molecule has 5 heteroatoms. The Bertz CT molecular complexity index is 947. The van der Waals surface area contributed by atoms with Crippen LogP contribution in [0.3, 0.4) is 0 Å². The molecule has 5 nitrogen and oxygen atoms in total. The first-order chi connectivity index (χ1) is 14.8. The number of carbonyl (C=O) groups excluding carboxylic acids is 2. The summed E-state index contributed by atoms with van der Waals surface area (Å²) >= 11 is 0. The molecule has 2 aromatic carbocycles. The summed E-state index contributed by atoms with van der Waals surface area (Å²) in [5.41, 5.74) is 3.96. The second-order valence-electron chi connectivity index (χ2n) is 8.08. The number of nitrogens with one attached hydrogen (secondary N) is 1. The van der Waals surface area contributed by atoms with Crippen molar-refractivity contribution in [2.75, 3.05) is 20.3 Å². The van der Waals surface area contributed by atoms with Gasteiger partial charge in [-0.05, 0) is 50.8 Å². The second-order valence-corrected chi connectivity index (χ2v) is 8.08. The molecule has 3 rings (SSSR count). The molecule has 1 amide bonds. The first-order valence-electron chi connectivity index (χ1n) is 11.0. The molecule has 168 valence electrons. The predicted octanol–water partition coefficient (Wildman–Crippen LogP) is 5.37. The lowest BCUT2D eigenvalue weighted by molar-refractivity contribution is -0.130. The van der Waals surface area contributed by atoms with E-state index in [4.69, 9.17) is 9.47 Å². The van der Waals surface area contributed by atoms with E-state index in [1.807, 2.05) is 71.9 Å². The number of hydrogen-bond acceptors (Lipinski definition) is 4. The number of fused-ring (bicyclic) bond motifs is 1. The second kappa shape index (κ2) is 10.5. The summed E-state index contributed by atoms with van der Waals surface area (Å²) in [5, 5.41) is 2.86. The molecule has 0 saturated heterocycles. The molecular weight excluding hydrogens is 390 g/mol. The number of carbonyl (C=O) groups is 2. The summed E-state index contributed by atoms with van der Waals surface area (Å²) in [6, 6.07) is 9.81. The third-order valence-corrected chi connectivity index (χ3v) is 5.41. The number of rotatable bonds is 7. The van der Waals surface area contributed by atoms with E-state index in [0.29, 0.717) is 24.5 Å². The van der Waals surface area contributed by atoms with Crippen LogP contribution >= 0.6 is 0 Å². The highest BCUT2D eigenvalue weighted by Gasteiger charge is 2.30. The van der Waals surface area contributed by atoms with E-state index in [1.54, 1.807) is 7.11 Å². The highest BCUT2D eigenvalue weighted by Crippen LogP contribution is 2.44. The summed E-state index contributed by atoms with van der Waals surface area (Å²) in [6.45, 7) is 12.4. The molecular formula is C26H35NO4. The molecule has 0 saturated carbocycles. The minimum Gasteiger partial charge on any atom is -0.493 e. The Morgan fingerprint density at radius 1 is 1.03 bits per heavy atom. The van der Waals surface area contributed by atoms with Crippen LogP contribution in [0.15, 0.2) is 30.3 Å². The normalized spacial score (nSPS) is 12.5. The summed E-state index contributed by atoms with van der Waals surface area (Å²) < 4.78 is 11.9. The van der Waals surface area contributed by atoms with E-state index < -0.39 is 5.41 Å². The topological polar surface area (TPSA) is 64.6 Å². The number of hydrogen-bond donors (Lipinski definition) is 1. The Morgan fingerprint density at radius 3 is 2.35 bits per heavy atom. The van der Waals surface area contributed by atoms with E-state index in [-0.39, 0.29) is 18.3 Å². The Hall–Kier alpha value is -2.82. The van der Waals surface area contributed by atoms with Crippen molar-refractivity contribution >= 4 is 11.7 Å². The number of Topliss-reactive ketones (excluding diaryl/α,β-unsaturated/α-hetero) is 1. The molecule has 0 fully saturated rings. The van der Waals surface area contributed by atoms with Gasteiger partial charge in [0.05, 0.1) is 12.5 Å². The van der Waals surface area contributed by atoms with E-state index >= 15 is 0 Å². The minimum absolute atomic E-state index is 0.0561. The van der Waals surface area contributed by atoms with Crippen molar-refractivity contribution in [2.45, 2.75) is 54.4 Å². The highest BCUT2D eigenvalue weighted by atomic mass is 16.5. The van der Waals surface area contributed by atoms with Crippen LogP contribution in [0.25, 0.3) is 11.1 Å². The fourth-order valence-corrected chi connectivity index (χ4v) is 3.73. The zero-order valence-electron chi connectivity index (χ0n) is 19.8. The van der Waals surface area contributed by atoms with Crippen LogP contribution in [-0.4, -0.2) is 32.0 Å². The molecule has 2 aromatic rings. The largest absolute Gasteiger partial charge is 0.493 e. The van der Waals surface area contributed by atoms with E-state index in [2.05, 4.69) is 5.32 Å². The van der Waals surface area contributed by atoms with E-state index in [0.717, 1.165) is 34.2 Å². The van der Waals surface area contributed by atoms with Gasteiger partial charge in [0.25, 0.3) is 0 Å². The molecule has 0 aliphatic heterocycles. The lowest BCUT2D eigenvalue weighted by atomic mass is 9.92. The lowest BCUT2D eigenvalue weighted by Gasteiger charge is -2.26. The molecule has 1 N–H and O–H groups in total. The smallest absolute Gasteiger partial charge is 0.229 e. The molecule has 1 aliphatic carbocycles. The Morgan fingerprint density at radius 2 is 1.71 bits per heavy atom. The Balaban J connectivity index is 0.00000166. The summed E-state index contributed by atoms with van der Waals surface area (Å²) in [4.78, 5) is 24.6. The quantitative estimate of drug-likeness (QED) is 0.648. The minimum atomic E-state index is -0.698. The number of methoxy groups -OCH3 is 1. The van der Waals surface area contributed by atoms with Crippen LogP contribution in [0.4, 0.5) is 0 Å². The van der Waals surface area contributed by atoms with E-state index in [1.165, 1.54) is 0 Å². The Kier molecular flexibility index (Phi) is 8.26. The fraction of sp³-hybridized carbons (Fsp3) is 0.462. The SMILES string of the molecule is CC.CCNC(=O)C(C)(C)COc1c(-c2cccc3c2CCC3=O)ccc(C)c1OC. The number of ether oxygens (including phenoxy) is 2. The molecule has 0 aromatic heterocycles. The van der Waals surface area contributed by atoms with Gasteiger partial charge in [-0.2, -0.15) is 0 Å². The molecule has 0 atom stereocenters. The average molecular weight is 426 g/mol. The van der Waals surface area contributed by atoms with Gasteiger partial charge < -0.3 is 14.8 Å². The third kappa shape index (κ3) is 5.09. The molecule has 1 aliphatic rings. The molecule has 0 heterocycles. The lowest BCUT2D eigenvalue weighted by Crippen LogP contribution is -2.40. The van der Waals surface area contributed by atoms with Gasteiger partial charge in [0.2, 0.25) is 5.91 Å². The van der Waals surface area contributed by atoms with Gasteiger partial charge in [0, 0.05) is 24.1 Å². The van der Waals surface area contributed by atoms with Crippen molar-refractivity contribution in [3.63, 3.8) is 0 Å². The number of ketones is 1. The number of amides is 1. The standard InChI is InChI=1S/C24H29NO4.C2H6/c1-6-25-23(27)24(3,4)14-29-22-19(11-10-15(2)21(22)28-5)16-8-7-9-18-17(16)12-13-20(18)26;1-2/h7-11H,6,12-14H2,1-5H3,(H,25,27);1-2H3. The first kappa shape index (κ1) is 24.4. The van der Waals surface area contributed by atoms with Crippen molar-refractivity contribution < 1.29 is 19.1 Å². The van der Waals surface area contributed by atoms with Crippen molar-refractivity contribution in [1.29, 1.82) is 0 Å². The first-order valence-corrected chi connectivity index (χ1v) is 11.0. The van der Waals surface area contributed by atoms with Gasteiger partial charge in [-0.15, -0.1) is 0 Å². The number of aryl methyl sites for hydroxylation is 1. The zero-order valence-corrected chi connectivity index (χ0v) is 19.8. The van der Waals surface area contributed by atoms with Gasteiger partial charge in [-0.1, -0.05) is 44.2 Å². The zero-order chi connectivity index (χ0) is 23.2. The Labute approximate surface area is 186 Å². The third-order valence-electron chi connectivity index (χ3n) is 5.41. The van der Waals surface area contributed by atoms with Crippen LogP contribution in [0.5, 0.6) is 11.5 Å². The van der Waals surface area contributed by atoms with Crippen LogP contribution in [0.2, 0.25) is 0 Å².